The molecule has 0 bridgehead atoms. The summed E-state index contributed by atoms with van der Waals surface area (Å²) in [6.45, 7) is 10.9. The minimum absolute atomic E-state index is 0.201. The molecule has 1 atom stereocenters. The predicted molar refractivity (Wildman–Crippen MR) is 74.8 cm³/mol. The standard InChI is InChI=1S/C12H26N2O4S/c1-7-8-13-19(16,17)14-10(9(2)3)11(15)18-12(4,5)6/h9-10,13-14H,7-8H2,1-6H3/t10-/m0/s1. The Balaban J connectivity index is 4.80. The van der Waals surface area contributed by atoms with E-state index in [0.717, 1.165) is 0 Å². The monoisotopic (exact) mass is 294 g/mol. The van der Waals surface area contributed by atoms with Gasteiger partial charge in [-0.25, -0.2) is 4.72 Å². The molecule has 0 aliphatic heterocycles. The summed E-state index contributed by atoms with van der Waals surface area (Å²) in [5.41, 5.74) is -0.646. The highest BCUT2D eigenvalue weighted by molar-refractivity contribution is 7.87. The van der Waals surface area contributed by atoms with Gasteiger partial charge in [0.2, 0.25) is 0 Å². The number of hydrogen-bond donors (Lipinski definition) is 2. The third-order valence-corrected chi connectivity index (χ3v) is 3.30. The molecule has 7 heteroatoms. The number of carbonyl (C=O) groups excluding carboxylic acids is 1. The molecule has 0 saturated heterocycles. The van der Waals surface area contributed by atoms with Gasteiger partial charge < -0.3 is 4.74 Å². The maximum atomic E-state index is 12.0. The minimum Gasteiger partial charge on any atom is -0.459 e. The Morgan fingerprint density at radius 3 is 2.16 bits per heavy atom. The highest BCUT2D eigenvalue weighted by atomic mass is 32.2. The van der Waals surface area contributed by atoms with Crippen molar-refractivity contribution in [2.45, 2.75) is 59.6 Å². The summed E-state index contributed by atoms with van der Waals surface area (Å²) in [6, 6.07) is -0.895. The highest BCUT2D eigenvalue weighted by Crippen LogP contribution is 2.12. The maximum Gasteiger partial charge on any atom is 0.325 e. The molecule has 0 spiro atoms. The van der Waals surface area contributed by atoms with Crippen LogP contribution in [0, 0.1) is 5.92 Å². The summed E-state index contributed by atoms with van der Waals surface area (Å²) in [4.78, 5) is 12.0. The van der Waals surface area contributed by atoms with Gasteiger partial charge in [0.05, 0.1) is 0 Å². The first-order chi connectivity index (χ1) is 8.48. The van der Waals surface area contributed by atoms with Gasteiger partial charge in [0, 0.05) is 6.54 Å². The lowest BCUT2D eigenvalue weighted by atomic mass is 10.1. The molecule has 114 valence electrons. The van der Waals surface area contributed by atoms with E-state index in [1.807, 2.05) is 6.92 Å². The lowest BCUT2D eigenvalue weighted by molar-refractivity contribution is -0.158. The van der Waals surface area contributed by atoms with E-state index in [9.17, 15) is 13.2 Å². The van der Waals surface area contributed by atoms with Crippen molar-refractivity contribution in [1.82, 2.24) is 9.44 Å². The van der Waals surface area contributed by atoms with Crippen molar-refractivity contribution >= 4 is 16.2 Å². The van der Waals surface area contributed by atoms with Crippen molar-refractivity contribution in [3.8, 4) is 0 Å². The Morgan fingerprint density at radius 2 is 1.79 bits per heavy atom. The fourth-order valence-corrected chi connectivity index (χ4v) is 2.53. The first-order valence-corrected chi connectivity index (χ1v) is 7.96. The second-order valence-corrected chi connectivity index (χ2v) is 7.30. The van der Waals surface area contributed by atoms with Gasteiger partial charge in [-0.15, -0.1) is 0 Å². The van der Waals surface area contributed by atoms with Crippen LogP contribution in [0.5, 0.6) is 0 Å². The van der Waals surface area contributed by atoms with E-state index in [0.29, 0.717) is 13.0 Å². The minimum atomic E-state index is -3.69. The van der Waals surface area contributed by atoms with Gasteiger partial charge in [-0.1, -0.05) is 20.8 Å². The molecule has 0 aliphatic carbocycles. The Hall–Kier alpha value is -0.660. The first kappa shape index (κ1) is 18.3. The molecule has 0 aromatic rings. The van der Waals surface area contributed by atoms with Crippen LogP contribution in [0.4, 0.5) is 0 Å². The molecule has 0 fully saturated rings. The number of ether oxygens (including phenoxy) is 1. The quantitative estimate of drug-likeness (QED) is 0.691. The van der Waals surface area contributed by atoms with Gasteiger partial charge in [0.15, 0.2) is 0 Å². The number of esters is 1. The van der Waals surface area contributed by atoms with E-state index in [1.54, 1.807) is 34.6 Å². The Morgan fingerprint density at radius 1 is 1.26 bits per heavy atom. The van der Waals surface area contributed by atoms with E-state index in [4.69, 9.17) is 4.74 Å². The van der Waals surface area contributed by atoms with Crippen LogP contribution in [0.15, 0.2) is 0 Å². The zero-order valence-corrected chi connectivity index (χ0v) is 13.4. The molecule has 0 rings (SSSR count). The van der Waals surface area contributed by atoms with Crippen LogP contribution in [0.3, 0.4) is 0 Å². The van der Waals surface area contributed by atoms with Crippen LogP contribution in [0.25, 0.3) is 0 Å². The average Bonchev–Trinajstić information content (AvgIpc) is 2.20. The van der Waals surface area contributed by atoms with Crippen LogP contribution in [0.1, 0.15) is 48.0 Å². The number of carbonyl (C=O) groups is 1. The number of nitrogens with one attached hydrogen (secondary N) is 2. The van der Waals surface area contributed by atoms with Crippen molar-refractivity contribution < 1.29 is 17.9 Å². The number of hydrogen-bond acceptors (Lipinski definition) is 4. The molecule has 0 radical (unpaired) electrons. The second-order valence-electron chi connectivity index (χ2n) is 5.77. The smallest absolute Gasteiger partial charge is 0.325 e. The molecule has 2 N–H and O–H groups in total. The molecule has 0 aliphatic rings. The number of rotatable bonds is 7. The SMILES string of the molecule is CCCNS(=O)(=O)N[C@H](C(=O)OC(C)(C)C)C(C)C. The van der Waals surface area contributed by atoms with Crippen LogP contribution >= 0.6 is 0 Å². The summed E-state index contributed by atoms with van der Waals surface area (Å²) in [7, 11) is -3.69. The molecule has 0 aromatic carbocycles. The second kappa shape index (κ2) is 7.21. The topological polar surface area (TPSA) is 84.5 Å². The highest BCUT2D eigenvalue weighted by Gasteiger charge is 2.31. The van der Waals surface area contributed by atoms with E-state index in [1.165, 1.54) is 0 Å². The molecule has 0 unspecified atom stereocenters. The van der Waals surface area contributed by atoms with E-state index in [-0.39, 0.29) is 5.92 Å². The Labute approximate surface area is 116 Å². The molecule has 19 heavy (non-hydrogen) atoms. The normalized spacial score (nSPS) is 14.5. The molecule has 6 nitrogen and oxygen atoms in total. The van der Waals surface area contributed by atoms with E-state index >= 15 is 0 Å². The zero-order valence-electron chi connectivity index (χ0n) is 12.6. The van der Waals surface area contributed by atoms with Gasteiger partial charge in [-0.2, -0.15) is 13.1 Å². The predicted octanol–water partition coefficient (Wildman–Crippen LogP) is 1.19. The molecular weight excluding hydrogens is 268 g/mol. The summed E-state index contributed by atoms with van der Waals surface area (Å²) in [5, 5.41) is 0. The summed E-state index contributed by atoms with van der Waals surface area (Å²) >= 11 is 0. The van der Waals surface area contributed by atoms with Crippen molar-refractivity contribution in [2.75, 3.05) is 6.54 Å². The lowest BCUT2D eigenvalue weighted by Crippen LogP contribution is -2.50. The summed E-state index contributed by atoms with van der Waals surface area (Å²) in [6.07, 6.45) is 0.680. The molecule has 0 heterocycles. The van der Waals surface area contributed by atoms with Crippen LogP contribution < -0.4 is 9.44 Å². The molecule has 0 aromatic heterocycles. The van der Waals surface area contributed by atoms with Gasteiger partial charge in [0.1, 0.15) is 11.6 Å². The van der Waals surface area contributed by atoms with Gasteiger partial charge in [-0.3, -0.25) is 4.79 Å². The van der Waals surface area contributed by atoms with E-state index < -0.39 is 27.8 Å². The molecular formula is C12H26N2O4S. The fourth-order valence-electron chi connectivity index (χ4n) is 1.27. The van der Waals surface area contributed by atoms with Crippen LogP contribution in [-0.4, -0.2) is 32.6 Å². The van der Waals surface area contributed by atoms with Crippen molar-refractivity contribution in [2.24, 2.45) is 5.92 Å². The molecule has 0 amide bonds. The van der Waals surface area contributed by atoms with Crippen molar-refractivity contribution in [3.05, 3.63) is 0 Å². The third kappa shape index (κ3) is 8.18. The lowest BCUT2D eigenvalue weighted by Gasteiger charge is -2.26. The summed E-state index contributed by atoms with van der Waals surface area (Å²) < 4.78 is 33.4. The Kier molecular flexibility index (Phi) is 6.96. The van der Waals surface area contributed by atoms with Crippen molar-refractivity contribution in [3.63, 3.8) is 0 Å². The van der Waals surface area contributed by atoms with Crippen LogP contribution in [0.2, 0.25) is 0 Å². The fraction of sp³-hybridized carbons (Fsp3) is 0.917. The van der Waals surface area contributed by atoms with Crippen LogP contribution in [-0.2, 0) is 19.7 Å². The summed E-state index contributed by atoms with van der Waals surface area (Å²) in [5.74, 6) is -0.766. The first-order valence-electron chi connectivity index (χ1n) is 6.48. The van der Waals surface area contributed by atoms with Gasteiger partial charge in [-0.05, 0) is 33.1 Å². The zero-order chi connectivity index (χ0) is 15.3. The Bertz CT molecular complexity index is 385. The van der Waals surface area contributed by atoms with E-state index in [2.05, 4.69) is 9.44 Å². The van der Waals surface area contributed by atoms with Gasteiger partial charge in [0.25, 0.3) is 10.2 Å². The molecule has 0 saturated carbocycles. The van der Waals surface area contributed by atoms with Crippen molar-refractivity contribution in [1.29, 1.82) is 0 Å². The third-order valence-electron chi connectivity index (χ3n) is 2.15. The van der Waals surface area contributed by atoms with Gasteiger partial charge >= 0.3 is 5.97 Å². The average molecular weight is 294 g/mol. The maximum absolute atomic E-state index is 12.0. The largest absolute Gasteiger partial charge is 0.459 e.